The van der Waals surface area contributed by atoms with E-state index in [1.807, 2.05) is 42.5 Å². The monoisotopic (exact) mass is 557 g/mol. The largest absolute Gasteiger partial charge is 0.497 e. The molecule has 0 aliphatic rings. The number of hydrogen-bond acceptors (Lipinski definition) is 5. The van der Waals surface area contributed by atoms with E-state index in [4.69, 9.17) is 14.6 Å². The van der Waals surface area contributed by atoms with Crippen LogP contribution >= 0.6 is 15.9 Å². The highest BCUT2D eigenvalue weighted by Gasteiger charge is 2.23. The van der Waals surface area contributed by atoms with Gasteiger partial charge in [-0.15, -0.1) is 0 Å². The topological polar surface area (TPSA) is 97.7 Å². The van der Waals surface area contributed by atoms with Gasteiger partial charge >= 0.3 is 6.03 Å². The Balaban J connectivity index is 1.80. The third-order valence-electron chi connectivity index (χ3n) is 5.33. The van der Waals surface area contributed by atoms with E-state index in [0.29, 0.717) is 11.5 Å². The Kier molecular flexibility index (Phi) is 9.11. The summed E-state index contributed by atoms with van der Waals surface area (Å²) < 4.78 is 12.9. The summed E-state index contributed by atoms with van der Waals surface area (Å²) in [6, 6.07) is 16.1. The molecule has 0 bridgehead atoms. The van der Waals surface area contributed by atoms with Gasteiger partial charge in [0.15, 0.2) is 0 Å². The maximum atomic E-state index is 13.1. The summed E-state index contributed by atoms with van der Waals surface area (Å²) in [5.74, 6) is 0.873. The Labute approximate surface area is 219 Å². The fraction of sp³-hybridized carbons (Fsp3) is 0.346. The molecule has 3 aromatic rings. The van der Waals surface area contributed by atoms with Crippen molar-refractivity contribution in [2.45, 2.75) is 26.2 Å². The zero-order valence-electron chi connectivity index (χ0n) is 21.2. The van der Waals surface area contributed by atoms with Gasteiger partial charge in [0.25, 0.3) is 0 Å². The molecule has 2 N–H and O–H groups in total. The Morgan fingerprint density at radius 1 is 1.06 bits per heavy atom. The van der Waals surface area contributed by atoms with Gasteiger partial charge in [-0.3, -0.25) is 4.79 Å². The summed E-state index contributed by atoms with van der Waals surface area (Å²) in [5.41, 5.74) is 1.97. The number of nitrogens with zero attached hydrogens (tertiary/aromatic N) is 3. The van der Waals surface area contributed by atoms with Gasteiger partial charge in [0.05, 0.1) is 25.1 Å². The van der Waals surface area contributed by atoms with Gasteiger partial charge < -0.3 is 25.0 Å². The van der Waals surface area contributed by atoms with Gasteiger partial charge in [0.1, 0.15) is 18.1 Å². The third-order valence-corrected chi connectivity index (χ3v) is 5.82. The molecule has 0 unspecified atom stereocenters. The van der Waals surface area contributed by atoms with Crippen molar-refractivity contribution in [2.75, 3.05) is 44.5 Å². The molecular formula is C26H32BrN5O4. The average molecular weight is 558 g/mol. The zero-order chi connectivity index (χ0) is 26.3. The van der Waals surface area contributed by atoms with Crippen LogP contribution in [0.25, 0.3) is 5.69 Å². The number of carbonyl (C=O) groups excluding carboxylic acids is 2. The number of ether oxygens (including phenoxy) is 2. The lowest BCUT2D eigenvalue weighted by molar-refractivity contribution is -0.116. The average Bonchev–Trinajstić information content (AvgIpc) is 3.26. The number of hydrogen-bond donors (Lipinski definition) is 2. The summed E-state index contributed by atoms with van der Waals surface area (Å²) >= 11 is 3.39. The van der Waals surface area contributed by atoms with Gasteiger partial charge in [0.2, 0.25) is 5.91 Å². The Morgan fingerprint density at radius 3 is 2.39 bits per heavy atom. The van der Waals surface area contributed by atoms with Gasteiger partial charge in [-0.1, -0.05) is 42.8 Å². The third kappa shape index (κ3) is 7.32. The van der Waals surface area contributed by atoms with E-state index in [1.54, 1.807) is 31.0 Å². The molecule has 9 nitrogen and oxygen atoms in total. The van der Waals surface area contributed by atoms with Gasteiger partial charge in [-0.05, 0) is 42.5 Å². The molecule has 0 spiro atoms. The van der Waals surface area contributed by atoms with E-state index in [0.717, 1.165) is 21.6 Å². The van der Waals surface area contributed by atoms with Crippen LogP contribution in [0, 0.1) is 0 Å². The number of aromatic nitrogens is 2. The highest BCUT2D eigenvalue weighted by atomic mass is 79.9. The normalized spacial score (nSPS) is 11.2. The maximum absolute atomic E-state index is 13.1. The second kappa shape index (κ2) is 12.0. The van der Waals surface area contributed by atoms with E-state index in [1.165, 1.54) is 4.90 Å². The highest BCUT2D eigenvalue weighted by molar-refractivity contribution is 9.10. The van der Waals surface area contributed by atoms with Crippen LogP contribution in [-0.2, 0) is 14.9 Å². The number of urea groups is 1. The lowest BCUT2D eigenvalue weighted by Crippen LogP contribution is -2.42. The van der Waals surface area contributed by atoms with Crippen molar-refractivity contribution in [1.82, 2.24) is 14.7 Å². The molecule has 0 saturated carbocycles. The molecule has 0 atom stereocenters. The lowest BCUT2D eigenvalue weighted by atomic mass is 9.92. The second-order valence-electron chi connectivity index (χ2n) is 9.18. The number of halogens is 1. The van der Waals surface area contributed by atoms with Crippen molar-refractivity contribution in [2.24, 2.45) is 0 Å². The van der Waals surface area contributed by atoms with Crippen LogP contribution in [0.5, 0.6) is 5.75 Å². The number of anilines is 2. The summed E-state index contributed by atoms with van der Waals surface area (Å²) in [4.78, 5) is 27.4. The zero-order valence-corrected chi connectivity index (χ0v) is 22.8. The minimum Gasteiger partial charge on any atom is -0.497 e. The van der Waals surface area contributed by atoms with Crippen molar-refractivity contribution in [1.29, 1.82) is 0 Å². The summed E-state index contributed by atoms with van der Waals surface area (Å²) in [6.45, 7) is 6.53. The molecule has 1 aromatic heterocycles. The summed E-state index contributed by atoms with van der Waals surface area (Å²) in [5, 5.41) is 10.5. The van der Waals surface area contributed by atoms with E-state index in [9.17, 15) is 9.59 Å². The van der Waals surface area contributed by atoms with Crippen LogP contribution < -0.4 is 15.4 Å². The molecular weight excluding hydrogens is 526 g/mol. The van der Waals surface area contributed by atoms with Crippen LogP contribution in [0.15, 0.2) is 59.1 Å². The first-order valence-electron chi connectivity index (χ1n) is 11.5. The maximum Gasteiger partial charge on any atom is 0.322 e. The number of nitrogens with one attached hydrogen (secondary N) is 2. The van der Waals surface area contributed by atoms with E-state index < -0.39 is 6.03 Å². The molecule has 2 aromatic carbocycles. The van der Waals surface area contributed by atoms with Crippen LogP contribution in [0.1, 0.15) is 26.5 Å². The number of benzene rings is 2. The van der Waals surface area contributed by atoms with Crippen molar-refractivity contribution in [3.05, 3.63) is 64.8 Å². The Bertz CT molecular complexity index is 1190. The van der Waals surface area contributed by atoms with E-state index in [-0.39, 0.29) is 31.0 Å². The Hall–Kier alpha value is -3.37. The number of methoxy groups -OCH3 is 2. The molecule has 0 aliphatic carbocycles. The second-order valence-corrected chi connectivity index (χ2v) is 10.1. The van der Waals surface area contributed by atoms with Gasteiger partial charge in [0, 0.05) is 35.3 Å². The smallest absolute Gasteiger partial charge is 0.322 e. The molecule has 192 valence electrons. The first kappa shape index (κ1) is 27.2. The van der Waals surface area contributed by atoms with E-state index in [2.05, 4.69) is 47.3 Å². The molecule has 3 amide bonds. The minimum absolute atomic E-state index is 0.165. The molecule has 0 radical (unpaired) electrons. The molecule has 36 heavy (non-hydrogen) atoms. The molecule has 0 fully saturated rings. The van der Waals surface area contributed by atoms with Gasteiger partial charge in [-0.25, -0.2) is 9.48 Å². The van der Waals surface area contributed by atoms with Crippen molar-refractivity contribution < 1.29 is 19.1 Å². The van der Waals surface area contributed by atoms with Gasteiger partial charge in [-0.2, -0.15) is 5.10 Å². The van der Waals surface area contributed by atoms with Crippen molar-refractivity contribution >= 4 is 39.4 Å². The predicted octanol–water partition coefficient (Wildman–Crippen LogP) is 5.06. The molecule has 10 heteroatoms. The predicted molar refractivity (Wildman–Crippen MR) is 144 cm³/mol. The first-order valence-corrected chi connectivity index (χ1v) is 12.3. The minimum atomic E-state index is -0.403. The molecule has 0 saturated heterocycles. The number of rotatable bonds is 9. The van der Waals surface area contributed by atoms with Crippen LogP contribution in [0.3, 0.4) is 0 Å². The lowest BCUT2D eigenvalue weighted by Gasteiger charge is -2.22. The van der Waals surface area contributed by atoms with Crippen molar-refractivity contribution in [3.63, 3.8) is 0 Å². The fourth-order valence-corrected chi connectivity index (χ4v) is 3.73. The molecule has 3 rings (SSSR count). The number of carbonyl (C=O) groups is 2. The standard InChI is InChI=1S/C26H32BrN5O4/c1-26(2,3)22-16-23(32(30-22)20-9-11-21(36-5)12-10-20)29-24(33)17-31(13-14-35-4)25(34)28-19-8-6-7-18(27)15-19/h6-12,15-16H,13-14,17H2,1-5H3,(H,28,34)(H,29,33). The first-order chi connectivity index (χ1) is 17.1. The van der Waals surface area contributed by atoms with Crippen molar-refractivity contribution in [3.8, 4) is 11.4 Å². The summed E-state index contributed by atoms with van der Waals surface area (Å²) in [6.07, 6.45) is 0. The summed E-state index contributed by atoms with van der Waals surface area (Å²) in [7, 11) is 3.15. The van der Waals surface area contributed by atoms with Crippen LogP contribution in [0.2, 0.25) is 0 Å². The van der Waals surface area contributed by atoms with Crippen LogP contribution in [-0.4, -0.2) is 60.5 Å². The highest BCUT2D eigenvalue weighted by Crippen LogP contribution is 2.27. The molecule has 0 aliphatic heterocycles. The van der Waals surface area contributed by atoms with Crippen LogP contribution in [0.4, 0.5) is 16.3 Å². The fourth-order valence-electron chi connectivity index (χ4n) is 3.34. The molecule has 1 heterocycles. The quantitative estimate of drug-likeness (QED) is 0.383. The number of amides is 3. The Morgan fingerprint density at radius 2 is 1.78 bits per heavy atom. The van der Waals surface area contributed by atoms with E-state index >= 15 is 0 Å². The SMILES string of the molecule is COCCN(CC(=O)Nc1cc(C(C)(C)C)nn1-c1ccc(OC)cc1)C(=O)Nc1cccc(Br)c1.